The molecule has 2 aliphatic heterocycles. The smallest absolute Gasteiger partial charge is 0.102 e. The van der Waals surface area contributed by atoms with Crippen molar-refractivity contribution < 1.29 is 24.8 Å². The van der Waals surface area contributed by atoms with E-state index in [9.17, 15) is 15.3 Å². The van der Waals surface area contributed by atoms with Gasteiger partial charge in [-0.3, -0.25) is 0 Å². The Hall–Kier alpha value is -0.200. The molecule has 5 rings (SSSR count). The Morgan fingerprint density at radius 1 is 0.833 bits per heavy atom. The summed E-state index contributed by atoms with van der Waals surface area (Å²) in [6.45, 7) is 19.8. The van der Waals surface area contributed by atoms with Crippen molar-refractivity contribution in [2.24, 2.45) is 34.5 Å². The van der Waals surface area contributed by atoms with Gasteiger partial charge in [-0.15, -0.1) is 0 Å². The lowest BCUT2D eigenvalue weighted by Crippen LogP contribution is -2.61. The van der Waals surface area contributed by atoms with E-state index in [1.165, 1.54) is 0 Å². The van der Waals surface area contributed by atoms with Crippen molar-refractivity contribution in [2.75, 3.05) is 0 Å². The lowest BCUT2D eigenvalue weighted by molar-refractivity contribution is -0.207. The highest BCUT2D eigenvalue weighted by atomic mass is 16.6. The summed E-state index contributed by atoms with van der Waals surface area (Å²) in [6, 6.07) is 0. The predicted octanol–water partition coefficient (Wildman–Crippen LogP) is 5.62. The van der Waals surface area contributed by atoms with E-state index in [4.69, 9.17) is 9.47 Å². The summed E-state index contributed by atoms with van der Waals surface area (Å²) in [4.78, 5) is 0. The molecular weight excluding hydrogens is 452 g/mol. The maximum absolute atomic E-state index is 11.8. The molecule has 5 heteroatoms. The van der Waals surface area contributed by atoms with Gasteiger partial charge in [-0.25, -0.2) is 0 Å². The van der Waals surface area contributed by atoms with Gasteiger partial charge in [0.25, 0.3) is 0 Å². The van der Waals surface area contributed by atoms with Crippen LogP contribution >= 0.6 is 0 Å². The third kappa shape index (κ3) is 3.73. The Kier molecular flexibility index (Phi) is 6.03. The third-order valence-corrected chi connectivity index (χ3v) is 12.8. The molecule has 0 amide bonds. The highest BCUT2D eigenvalue weighted by Crippen LogP contribution is 2.73. The molecule has 0 spiro atoms. The minimum absolute atomic E-state index is 0.0313. The van der Waals surface area contributed by atoms with Crippen LogP contribution < -0.4 is 0 Å². The monoisotopic (exact) mass is 506 g/mol. The minimum Gasteiger partial charge on any atom is -0.390 e. The minimum atomic E-state index is -0.775. The van der Waals surface area contributed by atoms with Gasteiger partial charge in [-0.1, -0.05) is 27.7 Å². The summed E-state index contributed by atoms with van der Waals surface area (Å²) in [6.07, 6.45) is 7.30. The predicted molar refractivity (Wildman–Crippen MR) is 142 cm³/mol. The molecule has 2 heterocycles. The van der Waals surface area contributed by atoms with Gasteiger partial charge in [0.2, 0.25) is 0 Å². The van der Waals surface area contributed by atoms with Crippen molar-refractivity contribution in [1.82, 2.24) is 0 Å². The van der Waals surface area contributed by atoms with Crippen LogP contribution in [0.15, 0.2) is 0 Å². The number of fused-ring (bicyclic) bond motifs is 4. The van der Waals surface area contributed by atoms with Crippen molar-refractivity contribution >= 4 is 0 Å². The summed E-state index contributed by atoms with van der Waals surface area (Å²) in [5.41, 5.74) is -2.53. The Morgan fingerprint density at radius 2 is 1.50 bits per heavy atom. The quantitative estimate of drug-likeness (QED) is 0.433. The molecule has 0 bridgehead atoms. The maximum atomic E-state index is 11.8. The second kappa shape index (κ2) is 7.93. The van der Waals surface area contributed by atoms with Gasteiger partial charge in [0.05, 0.1) is 34.6 Å². The Morgan fingerprint density at radius 3 is 2.17 bits per heavy atom. The van der Waals surface area contributed by atoms with Crippen LogP contribution in [0.3, 0.4) is 0 Å². The highest BCUT2D eigenvalue weighted by molar-refractivity contribution is 5.27. The molecule has 5 fully saturated rings. The number of hydrogen-bond acceptors (Lipinski definition) is 5. The van der Waals surface area contributed by atoms with E-state index in [2.05, 4.69) is 41.5 Å². The maximum Gasteiger partial charge on any atom is 0.102 e. The highest BCUT2D eigenvalue weighted by Gasteiger charge is 2.79. The lowest BCUT2D eigenvalue weighted by atomic mass is 9.46. The second-order valence-electron chi connectivity index (χ2n) is 15.9. The number of epoxide rings is 1. The van der Waals surface area contributed by atoms with E-state index < -0.39 is 22.9 Å². The summed E-state index contributed by atoms with van der Waals surface area (Å²) in [7, 11) is 0. The molecular formula is C31H54O5. The van der Waals surface area contributed by atoms with Gasteiger partial charge in [-0.05, 0) is 121 Å². The first kappa shape index (κ1) is 27.4. The Bertz CT molecular complexity index is 878. The molecule has 0 aromatic rings. The third-order valence-electron chi connectivity index (χ3n) is 12.8. The molecule has 11 unspecified atom stereocenters. The van der Waals surface area contributed by atoms with Crippen LogP contribution in [0.2, 0.25) is 0 Å². The van der Waals surface area contributed by atoms with E-state index >= 15 is 0 Å². The van der Waals surface area contributed by atoms with Crippen LogP contribution in [-0.4, -0.2) is 55.5 Å². The lowest BCUT2D eigenvalue weighted by Gasteiger charge is -2.58. The molecule has 2 saturated heterocycles. The molecule has 5 nitrogen and oxygen atoms in total. The Labute approximate surface area is 219 Å². The van der Waals surface area contributed by atoms with Crippen LogP contribution in [0.25, 0.3) is 0 Å². The van der Waals surface area contributed by atoms with Crippen molar-refractivity contribution in [3.05, 3.63) is 0 Å². The topological polar surface area (TPSA) is 82.5 Å². The fourth-order valence-corrected chi connectivity index (χ4v) is 10.1. The standard InChI is InChI=1S/C31H54O5/c1-19-18-20-24(25(2,3)16-17-28(20,7)33)31(30(19,9)36-31)15-10-21-27(6)13-11-22(32)26(4,5)35-23(27)12-14-29(21,8)34/h19-24,32-34H,10-18H2,1-9H3. The number of ether oxygens (including phenoxy) is 2. The number of aliphatic hydroxyl groups excluding tert-OH is 1. The van der Waals surface area contributed by atoms with E-state index in [-0.39, 0.29) is 40.0 Å². The summed E-state index contributed by atoms with van der Waals surface area (Å²) < 4.78 is 13.5. The summed E-state index contributed by atoms with van der Waals surface area (Å²) >= 11 is 0. The second-order valence-corrected chi connectivity index (χ2v) is 15.9. The molecule has 11 atom stereocenters. The molecule has 3 saturated carbocycles. The van der Waals surface area contributed by atoms with Gasteiger partial charge in [0, 0.05) is 5.92 Å². The molecule has 3 aliphatic carbocycles. The summed E-state index contributed by atoms with van der Waals surface area (Å²) in [5.74, 6) is 1.000. The van der Waals surface area contributed by atoms with Gasteiger partial charge in [0.15, 0.2) is 0 Å². The zero-order valence-electron chi connectivity index (χ0n) is 24.5. The van der Waals surface area contributed by atoms with Crippen molar-refractivity contribution in [1.29, 1.82) is 0 Å². The van der Waals surface area contributed by atoms with Crippen molar-refractivity contribution in [3.8, 4) is 0 Å². The van der Waals surface area contributed by atoms with Crippen LogP contribution in [0.5, 0.6) is 0 Å². The number of rotatable bonds is 3. The van der Waals surface area contributed by atoms with Crippen molar-refractivity contribution in [3.63, 3.8) is 0 Å². The first-order valence-electron chi connectivity index (χ1n) is 14.8. The van der Waals surface area contributed by atoms with Gasteiger partial charge in [-0.2, -0.15) is 0 Å². The molecule has 208 valence electrons. The van der Waals surface area contributed by atoms with Gasteiger partial charge in [0.1, 0.15) is 5.60 Å². The van der Waals surface area contributed by atoms with Crippen molar-refractivity contribution in [2.45, 2.75) is 160 Å². The van der Waals surface area contributed by atoms with E-state index in [0.29, 0.717) is 18.3 Å². The molecule has 36 heavy (non-hydrogen) atoms. The molecule has 5 aliphatic rings. The molecule has 0 aromatic carbocycles. The zero-order chi connectivity index (χ0) is 26.7. The van der Waals surface area contributed by atoms with Crippen LogP contribution in [-0.2, 0) is 9.47 Å². The first-order valence-corrected chi connectivity index (χ1v) is 14.8. The van der Waals surface area contributed by atoms with Gasteiger partial charge < -0.3 is 24.8 Å². The molecule has 3 N–H and O–H groups in total. The Balaban J connectivity index is 1.47. The van der Waals surface area contributed by atoms with Crippen LogP contribution in [0.4, 0.5) is 0 Å². The zero-order valence-corrected chi connectivity index (χ0v) is 24.5. The largest absolute Gasteiger partial charge is 0.390 e. The van der Waals surface area contributed by atoms with E-state index in [0.717, 1.165) is 51.4 Å². The van der Waals surface area contributed by atoms with Crippen LogP contribution in [0, 0.1) is 34.5 Å². The molecule has 0 radical (unpaired) electrons. The van der Waals surface area contributed by atoms with Gasteiger partial charge >= 0.3 is 0 Å². The number of aliphatic hydroxyl groups is 3. The van der Waals surface area contributed by atoms with Crippen LogP contribution in [0.1, 0.15) is 120 Å². The number of hydrogen-bond donors (Lipinski definition) is 3. The average Bonchev–Trinajstić information content (AvgIpc) is 3.39. The van der Waals surface area contributed by atoms with E-state index in [1.807, 2.05) is 20.8 Å². The SMILES string of the molecule is CC1CC2C(C(C)(C)CCC2(C)O)C2(CCC3C(C)(O)CCC4OC(C)(C)C(O)CCC43C)OC12C. The van der Waals surface area contributed by atoms with E-state index in [1.54, 1.807) is 0 Å². The normalized spacial score (nSPS) is 57.7. The summed E-state index contributed by atoms with van der Waals surface area (Å²) in [5, 5.41) is 34.2. The average molecular weight is 507 g/mol. The first-order chi connectivity index (χ1) is 16.3. The fourth-order valence-electron chi connectivity index (χ4n) is 10.1. The fraction of sp³-hybridized carbons (Fsp3) is 1.00. The molecule has 0 aromatic heterocycles.